The molecule has 0 radical (unpaired) electrons. The number of thiol groups is 2. The molecule has 4 heteroatoms. The third kappa shape index (κ3) is 8.45. The number of hydrogen-bond acceptors (Lipinski definition) is 4. The Hall–Kier alpha value is 1.40. The highest BCUT2D eigenvalue weighted by Crippen LogP contribution is 2.47. The van der Waals surface area contributed by atoms with Gasteiger partial charge < -0.3 is 0 Å². The minimum atomic E-state index is 0.632. The molecule has 3 rings (SSSR count). The zero-order valence-corrected chi connectivity index (χ0v) is 26.5. The Balaban J connectivity index is 1.43. The third-order valence-corrected chi connectivity index (χ3v) is 15.2. The Morgan fingerprint density at radius 3 is 1.56 bits per heavy atom. The first-order chi connectivity index (χ1) is 16.2. The summed E-state index contributed by atoms with van der Waals surface area (Å²) in [5.41, 5.74) is 0. The molecule has 0 aromatic carbocycles. The summed E-state index contributed by atoms with van der Waals surface area (Å²) >= 11 is 14.2. The van der Waals surface area contributed by atoms with E-state index in [9.17, 15) is 0 Å². The number of hydrogen-bond donors (Lipinski definition) is 2. The van der Waals surface area contributed by atoms with E-state index in [-0.39, 0.29) is 0 Å². The van der Waals surface area contributed by atoms with Crippen molar-refractivity contribution in [2.45, 2.75) is 115 Å². The van der Waals surface area contributed by atoms with Crippen LogP contribution in [0.5, 0.6) is 0 Å². The average Bonchev–Trinajstić information content (AvgIpc) is 2.82. The maximum absolute atomic E-state index is 4.88. The van der Waals surface area contributed by atoms with Crippen molar-refractivity contribution in [3.63, 3.8) is 0 Å². The fourth-order valence-electron chi connectivity index (χ4n) is 6.97. The van der Waals surface area contributed by atoms with Crippen LogP contribution < -0.4 is 0 Å². The summed E-state index contributed by atoms with van der Waals surface area (Å²) in [7, 11) is 0. The first-order valence-corrected chi connectivity index (χ1v) is 18.0. The van der Waals surface area contributed by atoms with E-state index in [4.69, 9.17) is 12.6 Å². The molecule has 0 aromatic heterocycles. The average molecular weight is 545 g/mol. The lowest BCUT2D eigenvalue weighted by molar-refractivity contribution is 0.232. The highest BCUT2D eigenvalue weighted by atomic mass is 32.2. The van der Waals surface area contributed by atoms with Crippen LogP contribution in [0, 0.1) is 53.3 Å². The van der Waals surface area contributed by atoms with Crippen LogP contribution in [0.25, 0.3) is 0 Å². The van der Waals surface area contributed by atoms with Crippen molar-refractivity contribution < 1.29 is 0 Å². The molecule has 0 spiro atoms. The van der Waals surface area contributed by atoms with E-state index in [1.165, 1.54) is 69.3 Å². The van der Waals surface area contributed by atoms with Gasteiger partial charge in [-0.3, -0.25) is 0 Å². The summed E-state index contributed by atoms with van der Waals surface area (Å²) in [6.07, 6.45) is 12.9. The van der Waals surface area contributed by atoms with Crippen molar-refractivity contribution in [3.05, 3.63) is 0 Å². The fraction of sp³-hybridized carbons (Fsp3) is 1.00. The van der Waals surface area contributed by atoms with E-state index in [1.807, 2.05) is 0 Å². The summed E-state index contributed by atoms with van der Waals surface area (Å²) in [4.78, 5) is 0. The van der Waals surface area contributed by atoms with Gasteiger partial charge in [0.05, 0.1) is 0 Å². The van der Waals surface area contributed by atoms with E-state index in [0.717, 1.165) is 69.5 Å². The van der Waals surface area contributed by atoms with Gasteiger partial charge in [-0.2, -0.15) is 48.8 Å². The van der Waals surface area contributed by atoms with E-state index in [2.05, 4.69) is 77.7 Å². The van der Waals surface area contributed by atoms with Gasteiger partial charge in [-0.1, -0.05) is 41.5 Å². The maximum Gasteiger partial charge on any atom is 0.00783 e. The van der Waals surface area contributed by atoms with Crippen molar-refractivity contribution in [2.24, 2.45) is 53.3 Å². The van der Waals surface area contributed by atoms with Crippen molar-refractivity contribution in [1.82, 2.24) is 0 Å². The van der Waals surface area contributed by atoms with Gasteiger partial charge in [0.2, 0.25) is 0 Å². The third-order valence-electron chi connectivity index (χ3n) is 10.3. The minimum Gasteiger partial charge on any atom is -0.179 e. The van der Waals surface area contributed by atoms with Gasteiger partial charge in [-0.25, -0.2) is 0 Å². The van der Waals surface area contributed by atoms with Crippen LogP contribution in [0.15, 0.2) is 0 Å². The molecular weight excluding hydrogens is 489 g/mol. The molecule has 3 aliphatic rings. The largest absolute Gasteiger partial charge is 0.179 e. The van der Waals surface area contributed by atoms with Gasteiger partial charge in [0.1, 0.15) is 0 Å². The molecule has 0 nitrogen and oxygen atoms in total. The highest BCUT2D eigenvalue weighted by molar-refractivity contribution is 8.00. The maximum atomic E-state index is 4.88. The quantitative estimate of drug-likeness (QED) is 0.263. The first kappa shape index (κ1) is 29.9. The van der Waals surface area contributed by atoms with Crippen molar-refractivity contribution in [3.8, 4) is 0 Å². The topological polar surface area (TPSA) is 0 Å². The SMILES string of the molecule is CC1CCC(C(C)CSCC(C)C2CCC(C)C(SC3CC(C(C)CS)CCC3C)C2)CC1S. The van der Waals surface area contributed by atoms with Crippen molar-refractivity contribution in [1.29, 1.82) is 0 Å². The van der Waals surface area contributed by atoms with E-state index >= 15 is 0 Å². The zero-order valence-electron chi connectivity index (χ0n) is 23.1. The molecule has 0 amide bonds. The van der Waals surface area contributed by atoms with Gasteiger partial charge in [0.25, 0.3) is 0 Å². The Kier molecular flexibility index (Phi) is 12.8. The molecule has 0 aromatic rings. The molecule has 0 aliphatic heterocycles. The fourth-order valence-corrected chi connectivity index (χ4v) is 11.1. The number of rotatable bonds is 10. The molecular formula is C30H56S4. The van der Waals surface area contributed by atoms with Crippen LogP contribution in [-0.2, 0) is 0 Å². The molecule has 12 atom stereocenters. The molecule has 0 N–H and O–H groups in total. The van der Waals surface area contributed by atoms with Crippen LogP contribution in [0.3, 0.4) is 0 Å². The van der Waals surface area contributed by atoms with E-state index < -0.39 is 0 Å². The van der Waals surface area contributed by atoms with E-state index in [0.29, 0.717) is 5.25 Å². The zero-order chi connectivity index (χ0) is 24.8. The Bertz CT molecular complexity index is 582. The molecule has 200 valence electrons. The normalized spacial score (nSPS) is 42.2. The smallest absolute Gasteiger partial charge is 0.00783 e. The van der Waals surface area contributed by atoms with Crippen molar-refractivity contribution >= 4 is 48.8 Å². The molecule has 0 heterocycles. The second kappa shape index (κ2) is 14.5. The van der Waals surface area contributed by atoms with Gasteiger partial charge in [0.15, 0.2) is 0 Å². The van der Waals surface area contributed by atoms with Crippen LogP contribution in [0.1, 0.15) is 99.3 Å². The van der Waals surface area contributed by atoms with E-state index in [1.54, 1.807) is 0 Å². The lowest BCUT2D eigenvalue weighted by atomic mass is 9.77. The number of thioether (sulfide) groups is 2. The van der Waals surface area contributed by atoms with Crippen LogP contribution in [0.2, 0.25) is 0 Å². The predicted octanol–water partition coefficient (Wildman–Crippen LogP) is 9.64. The summed E-state index contributed by atoms with van der Waals surface area (Å²) in [6, 6.07) is 0. The van der Waals surface area contributed by atoms with Gasteiger partial charge >= 0.3 is 0 Å². The lowest BCUT2D eigenvalue weighted by Crippen LogP contribution is -2.35. The monoisotopic (exact) mass is 544 g/mol. The van der Waals surface area contributed by atoms with Gasteiger partial charge in [-0.05, 0) is 128 Å². The Morgan fingerprint density at radius 2 is 1.09 bits per heavy atom. The summed E-state index contributed by atoms with van der Waals surface area (Å²) in [5, 5.41) is 2.40. The second-order valence-electron chi connectivity index (χ2n) is 13.1. The first-order valence-electron chi connectivity index (χ1n) is 14.7. The molecule has 3 aliphatic carbocycles. The Labute approximate surface area is 233 Å². The molecule has 3 saturated carbocycles. The molecule has 0 saturated heterocycles. The molecule has 12 unspecified atom stereocenters. The molecule has 3 fully saturated rings. The van der Waals surface area contributed by atoms with Crippen LogP contribution in [-0.4, -0.2) is 33.0 Å². The Morgan fingerprint density at radius 1 is 0.647 bits per heavy atom. The standard InChI is InChI=1S/C30H56S4/c1-19-7-10-25(13-28(19)32)23(5)17-33-18-24(6)27-12-9-21(3)30(15-27)34-29-14-26(22(4)16-31)11-8-20(29)2/h19-32H,7-18H2,1-6H3. The van der Waals surface area contributed by atoms with Crippen LogP contribution >= 0.6 is 48.8 Å². The highest BCUT2D eigenvalue weighted by Gasteiger charge is 2.37. The van der Waals surface area contributed by atoms with Gasteiger partial charge in [0, 0.05) is 15.7 Å². The predicted molar refractivity (Wildman–Crippen MR) is 166 cm³/mol. The summed E-state index contributed by atoms with van der Waals surface area (Å²) in [6.45, 7) is 15.0. The lowest BCUT2D eigenvalue weighted by Gasteiger charge is -2.42. The van der Waals surface area contributed by atoms with Gasteiger partial charge in [-0.15, -0.1) is 0 Å². The van der Waals surface area contributed by atoms with Crippen LogP contribution in [0.4, 0.5) is 0 Å². The minimum absolute atomic E-state index is 0.632. The molecule has 0 bridgehead atoms. The summed E-state index contributed by atoms with van der Waals surface area (Å²) in [5.74, 6) is 11.7. The van der Waals surface area contributed by atoms with Crippen molar-refractivity contribution in [2.75, 3.05) is 17.3 Å². The second-order valence-corrected chi connectivity index (χ2v) is 16.7. The summed E-state index contributed by atoms with van der Waals surface area (Å²) < 4.78 is 0. The molecule has 34 heavy (non-hydrogen) atoms.